The van der Waals surface area contributed by atoms with Gasteiger partial charge in [-0.2, -0.15) is 0 Å². The van der Waals surface area contributed by atoms with E-state index in [9.17, 15) is 4.79 Å². The van der Waals surface area contributed by atoms with Crippen molar-refractivity contribution < 1.29 is 4.79 Å². The van der Waals surface area contributed by atoms with Crippen LogP contribution < -0.4 is 5.32 Å². The van der Waals surface area contributed by atoms with E-state index in [0.717, 1.165) is 24.1 Å². The van der Waals surface area contributed by atoms with E-state index in [1.807, 2.05) is 47.4 Å². The van der Waals surface area contributed by atoms with E-state index >= 15 is 0 Å². The fourth-order valence-corrected chi connectivity index (χ4v) is 3.70. The number of anilines is 1. The topological polar surface area (TPSA) is 32.3 Å². The molecule has 0 aliphatic carbocycles. The van der Waals surface area contributed by atoms with Crippen molar-refractivity contribution in [1.82, 2.24) is 4.90 Å². The van der Waals surface area contributed by atoms with Gasteiger partial charge in [0.1, 0.15) is 5.66 Å². The van der Waals surface area contributed by atoms with Gasteiger partial charge < -0.3 is 10.2 Å². The predicted octanol–water partition coefficient (Wildman–Crippen LogP) is 4.56. The van der Waals surface area contributed by atoms with Crippen LogP contribution >= 0.6 is 0 Å². The van der Waals surface area contributed by atoms with E-state index in [-0.39, 0.29) is 11.6 Å². The highest BCUT2D eigenvalue weighted by Crippen LogP contribution is 2.34. The first-order valence-electron chi connectivity index (χ1n) is 8.73. The maximum absolute atomic E-state index is 13.1. The first kappa shape index (κ1) is 16.6. The van der Waals surface area contributed by atoms with Crippen LogP contribution in [0.25, 0.3) is 0 Å². The minimum Gasteiger partial charge on any atom is -0.362 e. The van der Waals surface area contributed by atoms with Crippen molar-refractivity contribution in [3.8, 4) is 0 Å². The molecule has 1 N–H and O–H groups in total. The molecule has 2 aromatic carbocycles. The Labute approximate surface area is 144 Å². The van der Waals surface area contributed by atoms with Gasteiger partial charge in [0.2, 0.25) is 0 Å². The average molecular weight is 322 g/mol. The molecule has 0 saturated carbocycles. The van der Waals surface area contributed by atoms with Crippen LogP contribution in [0.1, 0.15) is 43.1 Å². The third kappa shape index (κ3) is 3.30. The molecule has 24 heavy (non-hydrogen) atoms. The molecule has 1 heterocycles. The van der Waals surface area contributed by atoms with E-state index in [4.69, 9.17) is 0 Å². The highest BCUT2D eigenvalue weighted by atomic mass is 16.2. The fourth-order valence-electron chi connectivity index (χ4n) is 3.70. The Morgan fingerprint density at radius 3 is 2.42 bits per heavy atom. The molecule has 0 bridgehead atoms. The second-order valence-electron chi connectivity index (χ2n) is 7.23. The molecule has 3 heteroatoms. The highest BCUT2D eigenvalue weighted by molar-refractivity contribution is 6.02. The van der Waals surface area contributed by atoms with Crippen LogP contribution in [0.5, 0.6) is 0 Å². The molecule has 1 atom stereocenters. The van der Waals surface area contributed by atoms with Crippen molar-refractivity contribution in [1.29, 1.82) is 0 Å². The number of hydrogen-bond donors (Lipinski definition) is 1. The van der Waals surface area contributed by atoms with Crippen molar-refractivity contribution in [3.05, 3.63) is 65.7 Å². The van der Waals surface area contributed by atoms with Crippen LogP contribution in [-0.2, 0) is 6.42 Å². The molecule has 0 radical (unpaired) electrons. The fraction of sp³-hybridized carbons (Fsp3) is 0.381. The summed E-state index contributed by atoms with van der Waals surface area (Å²) in [6, 6.07) is 18.2. The third-order valence-corrected chi connectivity index (χ3v) is 4.67. The molecule has 0 aromatic heterocycles. The maximum atomic E-state index is 13.1. The van der Waals surface area contributed by atoms with Crippen LogP contribution in [0.15, 0.2) is 54.6 Å². The van der Waals surface area contributed by atoms with Gasteiger partial charge >= 0.3 is 0 Å². The molecule has 1 amide bonds. The van der Waals surface area contributed by atoms with E-state index < -0.39 is 0 Å². The van der Waals surface area contributed by atoms with Gasteiger partial charge in [-0.05, 0) is 43.4 Å². The number of carbonyl (C=O) groups excluding carboxylic acids is 1. The van der Waals surface area contributed by atoms with Gasteiger partial charge in [-0.1, -0.05) is 56.3 Å². The zero-order valence-corrected chi connectivity index (χ0v) is 14.8. The Kier molecular flexibility index (Phi) is 4.61. The summed E-state index contributed by atoms with van der Waals surface area (Å²) in [5, 5.41) is 3.63. The molecule has 1 unspecified atom stereocenters. The quantitative estimate of drug-likeness (QED) is 0.875. The molecular weight excluding hydrogens is 296 g/mol. The third-order valence-electron chi connectivity index (χ3n) is 4.67. The summed E-state index contributed by atoms with van der Waals surface area (Å²) < 4.78 is 0. The van der Waals surface area contributed by atoms with Crippen LogP contribution in [0.2, 0.25) is 0 Å². The second kappa shape index (κ2) is 6.68. The molecular formula is C21H26N2O. The molecule has 1 aliphatic heterocycles. The summed E-state index contributed by atoms with van der Waals surface area (Å²) in [6.07, 6.45) is 1.78. The Morgan fingerprint density at radius 1 is 1.04 bits per heavy atom. The van der Waals surface area contributed by atoms with E-state index in [1.165, 1.54) is 5.56 Å². The molecule has 0 fully saturated rings. The second-order valence-corrected chi connectivity index (χ2v) is 7.23. The Bertz CT molecular complexity index is 711. The van der Waals surface area contributed by atoms with Crippen LogP contribution in [-0.4, -0.2) is 23.0 Å². The van der Waals surface area contributed by atoms with Gasteiger partial charge in [0.15, 0.2) is 0 Å². The summed E-state index contributed by atoms with van der Waals surface area (Å²) >= 11 is 0. The number of nitrogens with zero attached hydrogens (tertiary/aromatic N) is 1. The van der Waals surface area contributed by atoms with Crippen LogP contribution in [0, 0.1) is 5.92 Å². The monoisotopic (exact) mass is 322 g/mol. The normalized spacial score (nSPS) is 20.0. The number of carbonyl (C=O) groups is 1. The van der Waals surface area contributed by atoms with E-state index in [0.29, 0.717) is 12.5 Å². The standard InChI is InChI=1S/C21H26N2O/c1-16(2)15-21(3)22-19-12-8-7-11-18(19)20(24)23(21)14-13-17-9-5-4-6-10-17/h4-12,16,22H,13-15H2,1-3H3. The number of hydrogen-bond acceptors (Lipinski definition) is 2. The number of rotatable bonds is 5. The Hall–Kier alpha value is -2.29. The molecule has 2 aromatic rings. The Balaban J connectivity index is 1.89. The molecule has 0 saturated heterocycles. The van der Waals surface area contributed by atoms with Crippen LogP contribution in [0.3, 0.4) is 0 Å². The zero-order chi connectivity index (χ0) is 17.2. The SMILES string of the molecule is CC(C)CC1(C)Nc2ccccc2C(=O)N1CCc1ccccc1. The zero-order valence-electron chi connectivity index (χ0n) is 14.8. The molecule has 126 valence electrons. The summed E-state index contributed by atoms with van der Waals surface area (Å²) in [5.74, 6) is 0.628. The summed E-state index contributed by atoms with van der Waals surface area (Å²) in [7, 11) is 0. The molecule has 3 nitrogen and oxygen atoms in total. The lowest BCUT2D eigenvalue weighted by Crippen LogP contribution is -2.59. The summed E-state index contributed by atoms with van der Waals surface area (Å²) in [4.78, 5) is 15.1. The largest absolute Gasteiger partial charge is 0.362 e. The summed E-state index contributed by atoms with van der Waals surface area (Å²) in [5.41, 5.74) is 2.62. The molecule has 3 rings (SSSR count). The van der Waals surface area contributed by atoms with Gasteiger partial charge in [-0.15, -0.1) is 0 Å². The number of benzene rings is 2. The predicted molar refractivity (Wildman–Crippen MR) is 99.1 cm³/mol. The van der Waals surface area contributed by atoms with Gasteiger partial charge in [0.05, 0.1) is 5.56 Å². The first-order valence-corrected chi connectivity index (χ1v) is 8.73. The number of nitrogens with one attached hydrogen (secondary N) is 1. The minimum absolute atomic E-state index is 0.128. The maximum Gasteiger partial charge on any atom is 0.257 e. The smallest absolute Gasteiger partial charge is 0.257 e. The van der Waals surface area contributed by atoms with Gasteiger partial charge in [0.25, 0.3) is 5.91 Å². The van der Waals surface area contributed by atoms with Crippen LogP contribution in [0.4, 0.5) is 5.69 Å². The van der Waals surface area contributed by atoms with Gasteiger partial charge in [-0.25, -0.2) is 0 Å². The number of para-hydroxylation sites is 1. The van der Waals surface area contributed by atoms with E-state index in [2.05, 4.69) is 38.2 Å². The summed E-state index contributed by atoms with van der Waals surface area (Å²) in [6.45, 7) is 7.26. The molecule has 0 spiro atoms. The highest BCUT2D eigenvalue weighted by Gasteiger charge is 2.40. The lowest BCUT2D eigenvalue weighted by atomic mass is 9.92. The number of amides is 1. The van der Waals surface area contributed by atoms with Gasteiger partial charge in [0, 0.05) is 12.2 Å². The minimum atomic E-state index is -0.353. The van der Waals surface area contributed by atoms with Crippen molar-refractivity contribution in [3.63, 3.8) is 0 Å². The van der Waals surface area contributed by atoms with Gasteiger partial charge in [-0.3, -0.25) is 4.79 Å². The molecule has 1 aliphatic rings. The van der Waals surface area contributed by atoms with Crippen molar-refractivity contribution in [2.45, 2.75) is 39.3 Å². The van der Waals surface area contributed by atoms with Crippen molar-refractivity contribution in [2.75, 3.05) is 11.9 Å². The first-order chi connectivity index (χ1) is 11.5. The number of fused-ring (bicyclic) bond motifs is 1. The van der Waals surface area contributed by atoms with Crippen molar-refractivity contribution in [2.24, 2.45) is 5.92 Å². The van der Waals surface area contributed by atoms with E-state index in [1.54, 1.807) is 0 Å². The Morgan fingerprint density at radius 2 is 1.71 bits per heavy atom. The van der Waals surface area contributed by atoms with Crippen molar-refractivity contribution >= 4 is 11.6 Å². The lowest BCUT2D eigenvalue weighted by Gasteiger charge is -2.47. The lowest BCUT2D eigenvalue weighted by molar-refractivity contribution is 0.0500. The average Bonchev–Trinajstić information content (AvgIpc) is 2.54.